The van der Waals surface area contributed by atoms with Gasteiger partial charge in [-0.05, 0) is 49.2 Å². The van der Waals surface area contributed by atoms with Crippen LogP contribution in [-0.2, 0) is 12.5 Å². The highest BCUT2D eigenvalue weighted by molar-refractivity contribution is 6.04. The van der Waals surface area contributed by atoms with E-state index in [0.29, 0.717) is 28.3 Å². The number of hydrogen-bond acceptors (Lipinski definition) is 5. The summed E-state index contributed by atoms with van der Waals surface area (Å²) in [5.41, 5.74) is 3.87. The highest BCUT2D eigenvalue weighted by Crippen LogP contribution is 2.27. The molecule has 7 nitrogen and oxygen atoms in total. The van der Waals surface area contributed by atoms with Gasteiger partial charge in [-0.1, -0.05) is 32.0 Å². The van der Waals surface area contributed by atoms with Crippen molar-refractivity contribution in [2.75, 3.05) is 5.32 Å². The normalized spacial score (nSPS) is 11.7. The van der Waals surface area contributed by atoms with Gasteiger partial charge < -0.3 is 14.4 Å². The van der Waals surface area contributed by atoms with Crippen LogP contribution in [0, 0.1) is 13.8 Å². The number of rotatable bonds is 3. The molecule has 0 aliphatic heterocycles. The number of hydrogen-bond donors (Lipinski definition) is 1. The van der Waals surface area contributed by atoms with Crippen molar-refractivity contribution in [3.63, 3.8) is 0 Å². The standard InChI is InChI=1S/C25H26N4O3/c1-14-7-8-16(23(30)27-22-12-21(32-28-22)25(3,4)5)10-18(14)19-11-17-13-26-15(2)9-20(17)29(6)24(19)31/h7-13H,1-6H3,(H,27,28,30). The van der Waals surface area contributed by atoms with Crippen LogP contribution in [-0.4, -0.2) is 20.6 Å². The van der Waals surface area contributed by atoms with Crippen molar-refractivity contribution < 1.29 is 9.32 Å². The van der Waals surface area contributed by atoms with E-state index in [1.807, 2.05) is 52.8 Å². The maximum Gasteiger partial charge on any atom is 0.258 e. The molecule has 1 amide bonds. The first kappa shape index (κ1) is 21.5. The van der Waals surface area contributed by atoms with E-state index in [9.17, 15) is 9.59 Å². The fraction of sp³-hybridized carbons (Fsp3) is 0.280. The van der Waals surface area contributed by atoms with Crippen LogP contribution < -0.4 is 10.9 Å². The molecule has 3 heterocycles. The maximum absolute atomic E-state index is 13.1. The molecule has 0 unspecified atom stereocenters. The average molecular weight is 431 g/mol. The van der Waals surface area contributed by atoms with Crippen LogP contribution in [0.2, 0.25) is 0 Å². The number of nitrogens with one attached hydrogen (secondary N) is 1. The Balaban J connectivity index is 1.73. The van der Waals surface area contributed by atoms with Crippen molar-refractivity contribution in [1.82, 2.24) is 14.7 Å². The second-order valence-electron chi connectivity index (χ2n) is 9.12. The molecule has 0 saturated carbocycles. The van der Waals surface area contributed by atoms with Crippen LogP contribution >= 0.6 is 0 Å². The fourth-order valence-electron chi connectivity index (χ4n) is 3.59. The predicted molar refractivity (Wildman–Crippen MR) is 125 cm³/mol. The van der Waals surface area contributed by atoms with Crippen LogP contribution in [0.15, 0.2) is 51.9 Å². The lowest BCUT2D eigenvalue weighted by atomic mass is 9.93. The Morgan fingerprint density at radius 3 is 2.50 bits per heavy atom. The molecule has 7 heteroatoms. The number of fused-ring (bicyclic) bond motifs is 1. The third-order valence-electron chi connectivity index (χ3n) is 5.53. The number of carbonyl (C=O) groups excluding carboxylic acids is 1. The maximum atomic E-state index is 13.1. The summed E-state index contributed by atoms with van der Waals surface area (Å²) >= 11 is 0. The van der Waals surface area contributed by atoms with E-state index in [0.717, 1.165) is 22.2 Å². The van der Waals surface area contributed by atoms with E-state index in [2.05, 4.69) is 15.5 Å². The van der Waals surface area contributed by atoms with E-state index in [-0.39, 0.29) is 16.9 Å². The lowest BCUT2D eigenvalue weighted by molar-refractivity contribution is 0.102. The number of aromatic nitrogens is 3. The molecule has 0 bridgehead atoms. The SMILES string of the molecule is Cc1cc2c(cn1)cc(-c1cc(C(=O)Nc3cc(C(C)(C)C)on3)ccc1C)c(=O)n2C. The zero-order chi connectivity index (χ0) is 23.2. The first-order valence-electron chi connectivity index (χ1n) is 10.4. The van der Waals surface area contributed by atoms with Gasteiger partial charge in [0.25, 0.3) is 11.5 Å². The summed E-state index contributed by atoms with van der Waals surface area (Å²) in [6, 6.07) is 10.8. The molecule has 0 radical (unpaired) electrons. The Hall–Kier alpha value is -3.74. The number of nitrogens with zero attached hydrogens (tertiary/aromatic N) is 3. The summed E-state index contributed by atoms with van der Waals surface area (Å²) in [4.78, 5) is 30.4. The van der Waals surface area contributed by atoms with Gasteiger partial charge in [0, 0.05) is 46.9 Å². The molecule has 4 rings (SSSR count). The molecule has 0 spiro atoms. The molecule has 0 aliphatic carbocycles. The minimum Gasteiger partial charge on any atom is -0.359 e. The molecular weight excluding hydrogens is 404 g/mol. The van der Waals surface area contributed by atoms with E-state index in [4.69, 9.17) is 4.52 Å². The van der Waals surface area contributed by atoms with Crippen molar-refractivity contribution in [2.45, 2.75) is 40.0 Å². The number of benzene rings is 1. The third-order valence-corrected chi connectivity index (χ3v) is 5.53. The van der Waals surface area contributed by atoms with E-state index in [1.54, 1.807) is 36.0 Å². The van der Waals surface area contributed by atoms with Crippen LogP contribution in [0.25, 0.3) is 22.0 Å². The van der Waals surface area contributed by atoms with Crippen molar-refractivity contribution in [3.8, 4) is 11.1 Å². The number of amides is 1. The summed E-state index contributed by atoms with van der Waals surface area (Å²) in [6.45, 7) is 9.83. The Morgan fingerprint density at radius 2 is 1.81 bits per heavy atom. The molecule has 4 aromatic rings. The molecule has 0 atom stereocenters. The molecule has 1 aromatic carbocycles. The van der Waals surface area contributed by atoms with Crippen molar-refractivity contribution in [2.24, 2.45) is 7.05 Å². The molecule has 1 N–H and O–H groups in total. The van der Waals surface area contributed by atoms with Gasteiger partial charge >= 0.3 is 0 Å². The van der Waals surface area contributed by atoms with Crippen LogP contribution in [0.4, 0.5) is 5.82 Å². The first-order valence-corrected chi connectivity index (χ1v) is 10.4. The van der Waals surface area contributed by atoms with Gasteiger partial charge in [-0.2, -0.15) is 0 Å². The van der Waals surface area contributed by atoms with Crippen LogP contribution in [0.3, 0.4) is 0 Å². The Bertz CT molecular complexity index is 1410. The molecule has 0 aliphatic rings. The van der Waals surface area contributed by atoms with Crippen molar-refractivity contribution in [3.05, 3.63) is 75.5 Å². The summed E-state index contributed by atoms with van der Waals surface area (Å²) in [5.74, 6) is 0.709. The highest BCUT2D eigenvalue weighted by atomic mass is 16.5. The summed E-state index contributed by atoms with van der Waals surface area (Å²) < 4.78 is 6.96. The smallest absolute Gasteiger partial charge is 0.258 e. The number of aryl methyl sites for hydroxylation is 3. The van der Waals surface area contributed by atoms with Crippen LogP contribution in [0.5, 0.6) is 0 Å². The summed E-state index contributed by atoms with van der Waals surface area (Å²) in [5, 5.41) is 7.58. The predicted octanol–water partition coefficient (Wildman–Crippen LogP) is 4.76. The minimum absolute atomic E-state index is 0.130. The zero-order valence-corrected chi connectivity index (χ0v) is 19.1. The fourth-order valence-corrected chi connectivity index (χ4v) is 3.59. The molecule has 32 heavy (non-hydrogen) atoms. The number of pyridine rings is 2. The zero-order valence-electron chi connectivity index (χ0n) is 19.1. The van der Waals surface area contributed by atoms with E-state index in [1.165, 1.54) is 0 Å². The minimum atomic E-state index is -0.324. The van der Waals surface area contributed by atoms with Gasteiger partial charge in [0.05, 0.1) is 5.52 Å². The average Bonchev–Trinajstić information content (AvgIpc) is 3.20. The molecule has 0 saturated heterocycles. The van der Waals surface area contributed by atoms with Gasteiger partial charge in [0.2, 0.25) is 0 Å². The number of anilines is 1. The molecule has 3 aromatic heterocycles. The molecular formula is C25H26N4O3. The lowest BCUT2D eigenvalue weighted by Gasteiger charge is -2.12. The van der Waals surface area contributed by atoms with Gasteiger partial charge in [0.15, 0.2) is 5.82 Å². The lowest BCUT2D eigenvalue weighted by Crippen LogP contribution is -2.20. The molecule has 0 fully saturated rings. The van der Waals surface area contributed by atoms with E-state index >= 15 is 0 Å². The van der Waals surface area contributed by atoms with Gasteiger partial charge in [-0.25, -0.2) is 0 Å². The van der Waals surface area contributed by atoms with Crippen LogP contribution in [0.1, 0.15) is 48.1 Å². The highest BCUT2D eigenvalue weighted by Gasteiger charge is 2.21. The number of carbonyl (C=O) groups is 1. The Kier molecular flexibility index (Phi) is 5.20. The first-order chi connectivity index (χ1) is 15.0. The Morgan fingerprint density at radius 1 is 1.06 bits per heavy atom. The van der Waals surface area contributed by atoms with Gasteiger partial charge in [0.1, 0.15) is 5.76 Å². The summed E-state index contributed by atoms with van der Waals surface area (Å²) in [7, 11) is 1.75. The largest absolute Gasteiger partial charge is 0.359 e. The third kappa shape index (κ3) is 3.93. The Labute approximate surface area is 186 Å². The van der Waals surface area contributed by atoms with Gasteiger partial charge in [-0.15, -0.1) is 0 Å². The van der Waals surface area contributed by atoms with Crippen molar-refractivity contribution >= 4 is 22.6 Å². The summed E-state index contributed by atoms with van der Waals surface area (Å²) in [6.07, 6.45) is 1.76. The monoisotopic (exact) mass is 430 g/mol. The van der Waals surface area contributed by atoms with Crippen molar-refractivity contribution in [1.29, 1.82) is 0 Å². The second-order valence-corrected chi connectivity index (χ2v) is 9.12. The molecule has 164 valence electrons. The van der Waals surface area contributed by atoms with E-state index < -0.39 is 0 Å². The topological polar surface area (TPSA) is 90.0 Å². The quantitative estimate of drug-likeness (QED) is 0.506. The van der Waals surface area contributed by atoms with Gasteiger partial charge in [-0.3, -0.25) is 14.6 Å². The second kappa shape index (κ2) is 7.75.